The van der Waals surface area contributed by atoms with Crippen molar-refractivity contribution in [3.63, 3.8) is 0 Å². The Balaban J connectivity index is 1.55. The molecule has 1 aliphatic heterocycles. The Bertz CT molecular complexity index is 643. The SMILES string of the molecule is Cc1cccc(CC(=O)N2CCC(Oc3ccncc3)C2)c1. The molecule has 3 rings (SSSR count). The van der Waals surface area contributed by atoms with Gasteiger partial charge in [0.1, 0.15) is 11.9 Å². The molecule has 0 N–H and O–H groups in total. The molecule has 0 spiro atoms. The van der Waals surface area contributed by atoms with E-state index in [1.54, 1.807) is 12.4 Å². The molecule has 1 aromatic carbocycles. The predicted octanol–water partition coefficient (Wildman–Crippen LogP) is 2.61. The van der Waals surface area contributed by atoms with Gasteiger partial charge in [-0.25, -0.2) is 0 Å². The van der Waals surface area contributed by atoms with E-state index in [0.29, 0.717) is 13.0 Å². The molecule has 2 heterocycles. The lowest BCUT2D eigenvalue weighted by molar-refractivity contribution is -0.129. The third-order valence-corrected chi connectivity index (χ3v) is 3.89. The summed E-state index contributed by atoms with van der Waals surface area (Å²) in [7, 11) is 0. The van der Waals surface area contributed by atoms with Crippen LogP contribution in [0.3, 0.4) is 0 Å². The van der Waals surface area contributed by atoms with E-state index < -0.39 is 0 Å². The first kappa shape index (κ1) is 14.6. The molecule has 22 heavy (non-hydrogen) atoms. The van der Waals surface area contributed by atoms with E-state index in [4.69, 9.17) is 4.74 Å². The minimum atomic E-state index is 0.0730. The monoisotopic (exact) mass is 296 g/mol. The van der Waals surface area contributed by atoms with Gasteiger partial charge in [0.05, 0.1) is 13.0 Å². The van der Waals surface area contributed by atoms with Crippen LogP contribution in [0.4, 0.5) is 0 Å². The van der Waals surface area contributed by atoms with Crippen LogP contribution in [0.15, 0.2) is 48.8 Å². The van der Waals surface area contributed by atoms with Crippen LogP contribution in [0, 0.1) is 6.92 Å². The second-order valence-corrected chi connectivity index (χ2v) is 5.72. The number of carbonyl (C=O) groups is 1. The molecule has 0 bridgehead atoms. The smallest absolute Gasteiger partial charge is 0.227 e. The van der Waals surface area contributed by atoms with Gasteiger partial charge in [0, 0.05) is 25.4 Å². The molecule has 4 heteroatoms. The fourth-order valence-electron chi connectivity index (χ4n) is 2.77. The third-order valence-electron chi connectivity index (χ3n) is 3.89. The molecule has 0 radical (unpaired) electrons. The van der Waals surface area contributed by atoms with Gasteiger partial charge in [-0.3, -0.25) is 9.78 Å². The fourth-order valence-corrected chi connectivity index (χ4v) is 2.77. The van der Waals surface area contributed by atoms with Crippen molar-refractivity contribution in [1.29, 1.82) is 0 Å². The van der Waals surface area contributed by atoms with Gasteiger partial charge >= 0.3 is 0 Å². The van der Waals surface area contributed by atoms with Gasteiger partial charge in [-0.1, -0.05) is 29.8 Å². The maximum absolute atomic E-state index is 12.4. The van der Waals surface area contributed by atoms with Crippen molar-refractivity contribution in [2.45, 2.75) is 25.9 Å². The molecule has 2 aromatic rings. The standard InChI is InChI=1S/C18H20N2O2/c1-14-3-2-4-15(11-14)12-18(21)20-10-7-17(13-20)22-16-5-8-19-9-6-16/h2-6,8-9,11,17H,7,10,12-13H2,1H3. The Morgan fingerprint density at radius 1 is 1.32 bits per heavy atom. The zero-order chi connectivity index (χ0) is 15.4. The van der Waals surface area contributed by atoms with E-state index in [0.717, 1.165) is 24.3 Å². The number of hydrogen-bond acceptors (Lipinski definition) is 3. The third kappa shape index (κ3) is 3.64. The average molecular weight is 296 g/mol. The topological polar surface area (TPSA) is 42.4 Å². The summed E-state index contributed by atoms with van der Waals surface area (Å²) in [6, 6.07) is 11.8. The number of aryl methyl sites for hydroxylation is 1. The van der Waals surface area contributed by atoms with E-state index in [-0.39, 0.29) is 12.0 Å². The van der Waals surface area contributed by atoms with Crippen molar-refractivity contribution in [1.82, 2.24) is 9.88 Å². The van der Waals surface area contributed by atoms with Crippen molar-refractivity contribution in [3.8, 4) is 5.75 Å². The Kier molecular flexibility index (Phi) is 4.37. The normalized spacial score (nSPS) is 17.5. The molecule has 1 fully saturated rings. The van der Waals surface area contributed by atoms with Crippen molar-refractivity contribution >= 4 is 5.91 Å². The van der Waals surface area contributed by atoms with Crippen LogP contribution in [0.25, 0.3) is 0 Å². The van der Waals surface area contributed by atoms with Gasteiger partial charge in [-0.05, 0) is 24.6 Å². The zero-order valence-electron chi connectivity index (χ0n) is 12.7. The minimum absolute atomic E-state index is 0.0730. The first-order chi connectivity index (χ1) is 10.7. The number of ether oxygens (including phenoxy) is 1. The van der Waals surface area contributed by atoms with Crippen LogP contribution in [-0.2, 0) is 11.2 Å². The molecular formula is C18H20N2O2. The van der Waals surface area contributed by atoms with E-state index in [1.165, 1.54) is 5.56 Å². The fraction of sp³-hybridized carbons (Fsp3) is 0.333. The summed E-state index contributed by atoms with van der Waals surface area (Å²) in [5.41, 5.74) is 2.26. The predicted molar refractivity (Wildman–Crippen MR) is 84.7 cm³/mol. The van der Waals surface area contributed by atoms with Crippen molar-refractivity contribution in [3.05, 3.63) is 59.9 Å². The molecule has 1 aromatic heterocycles. The number of rotatable bonds is 4. The summed E-state index contributed by atoms with van der Waals surface area (Å²) in [6.07, 6.45) is 4.84. The van der Waals surface area contributed by atoms with Gasteiger partial charge in [0.2, 0.25) is 5.91 Å². The van der Waals surface area contributed by atoms with Gasteiger partial charge < -0.3 is 9.64 Å². The molecule has 0 aliphatic carbocycles. The Hall–Kier alpha value is -2.36. The molecule has 4 nitrogen and oxygen atoms in total. The largest absolute Gasteiger partial charge is 0.488 e. The summed E-state index contributed by atoms with van der Waals surface area (Å²) in [6.45, 7) is 3.47. The van der Waals surface area contributed by atoms with Crippen LogP contribution in [0.2, 0.25) is 0 Å². The summed E-state index contributed by atoms with van der Waals surface area (Å²) in [5.74, 6) is 0.986. The highest BCUT2D eigenvalue weighted by atomic mass is 16.5. The van der Waals surface area contributed by atoms with Crippen LogP contribution in [0.5, 0.6) is 5.75 Å². The first-order valence-electron chi connectivity index (χ1n) is 7.61. The molecule has 114 valence electrons. The van der Waals surface area contributed by atoms with Crippen LogP contribution < -0.4 is 4.74 Å². The highest BCUT2D eigenvalue weighted by Gasteiger charge is 2.27. The quantitative estimate of drug-likeness (QED) is 0.871. The van der Waals surface area contributed by atoms with Crippen molar-refractivity contribution in [2.75, 3.05) is 13.1 Å². The second kappa shape index (κ2) is 6.60. The summed E-state index contributed by atoms with van der Waals surface area (Å²) in [4.78, 5) is 18.3. The van der Waals surface area contributed by atoms with E-state index in [1.807, 2.05) is 42.2 Å². The molecular weight excluding hydrogens is 276 g/mol. The van der Waals surface area contributed by atoms with Gasteiger partial charge in [-0.2, -0.15) is 0 Å². The number of likely N-dealkylation sites (tertiary alicyclic amines) is 1. The maximum Gasteiger partial charge on any atom is 0.227 e. The van der Waals surface area contributed by atoms with Crippen molar-refractivity contribution < 1.29 is 9.53 Å². The number of benzene rings is 1. The molecule has 1 amide bonds. The molecule has 1 atom stereocenters. The van der Waals surface area contributed by atoms with E-state index in [2.05, 4.69) is 11.1 Å². The Morgan fingerprint density at radius 2 is 2.14 bits per heavy atom. The molecule has 1 aliphatic rings. The highest BCUT2D eigenvalue weighted by Crippen LogP contribution is 2.18. The summed E-state index contributed by atoms with van der Waals surface area (Å²) < 4.78 is 5.89. The average Bonchev–Trinajstić information content (AvgIpc) is 2.97. The lowest BCUT2D eigenvalue weighted by atomic mass is 10.1. The van der Waals surface area contributed by atoms with E-state index in [9.17, 15) is 4.79 Å². The molecule has 1 saturated heterocycles. The van der Waals surface area contributed by atoms with Gasteiger partial charge in [0.25, 0.3) is 0 Å². The van der Waals surface area contributed by atoms with E-state index >= 15 is 0 Å². The molecule has 1 unspecified atom stereocenters. The number of hydrogen-bond donors (Lipinski definition) is 0. The number of amides is 1. The Morgan fingerprint density at radius 3 is 2.91 bits per heavy atom. The van der Waals surface area contributed by atoms with Crippen molar-refractivity contribution in [2.24, 2.45) is 0 Å². The summed E-state index contributed by atoms with van der Waals surface area (Å²) in [5, 5.41) is 0. The van der Waals surface area contributed by atoms with Gasteiger partial charge in [0.15, 0.2) is 0 Å². The Labute approximate surface area is 130 Å². The number of pyridine rings is 1. The van der Waals surface area contributed by atoms with Crippen LogP contribution in [0.1, 0.15) is 17.5 Å². The summed E-state index contributed by atoms with van der Waals surface area (Å²) >= 11 is 0. The minimum Gasteiger partial charge on any atom is -0.488 e. The number of carbonyl (C=O) groups excluding carboxylic acids is 1. The lowest BCUT2D eigenvalue weighted by Gasteiger charge is -2.17. The lowest BCUT2D eigenvalue weighted by Crippen LogP contribution is -2.32. The van der Waals surface area contributed by atoms with Crippen LogP contribution in [-0.4, -0.2) is 35.0 Å². The highest BCUT2D eigenvalue weighted by molar-refractivity contribution is 5.79. The van der Waals surface area contributed by atoms with Crippen LogP contribution >= 0.6 is 0 Å². The van der Waals surface area contributed by atoms with Gasteiger partial charge in [-0.15, -0.1) is 0 Å². The number of nitrogens with zero attached hydrogens (tertiary/aromatic N) is 2. The zero-order valence-corrected chi connectivity index (χ0v) is 12.7. The number of aromatic nitrogens is 1. The first-order valence-corrected chi connectivity index (χ1v) is 7.61. The molecule has 0 saturated carbocycles. The second-order valence-electron chi connectivity index (χ2n) is 5.72. The maximum atomic E-state index is 12.4.